The van der Waals surface area contributed by atoms with Crippen molar-refractivity contribution >= 4 is 6.09 Å². The van der Waals surface area contributed by atoms with Gasteiger partial charge in [-0.05, 0) is 70.4 Å². The molecule has 2 atom stereocenters. The van der Waals surface area contributed by atoms with E-state index in [9.17, 15) is 28.2 Å². The number of carbonyl (C=O) groups excluding carboxylic acids is 1. The molecule has 3 rings (SSSR count). The Labute approximate surface area is 190 Å². The number of aliphatic hydroxyl groups excluding tert-OH is 1. The van der Waals surface area contributed by atoms with Gasteiger partial charge in [-0.15, -0.1) is 5.10 Å². The lowest BCUT2D eigenvalue weighted by atomic mass is 9.90. The number of aromatic hydroxyl groups is 1. The Morgan fingerprint density at radius 1 is 1.21 bits per heavy atom. The van der Waals surface area contributed by atoms with Gasteiger partial charge >= 0.3 is 12.3 Å². The van der Waals surface area contributed by atoms with Crippen molar-refractivity contribution in [2.45, 2.75) is 58.4 Å². The summed E-state index contributed by atoms with van der Waals surface area (Å²) in [7, 11) is 0. The molecule has 180 valence electrons. The van der Waals surface area contributed by atoms with Gasteiger partial charge in [0.2, 0.25) is 0 Å². The molecule has 2 heterocycles. The van der Waals surface area contributed by atoms with Gasteiger partial charge in [-0.25, -0.2) is 4.79 Å². The predicted octanol–water partition coefficient (Wildman–Crippen LogP) is 4.86. The smallest absolute Gasteiger partial charge is 0.416 e. The van der Waals surface area contributed by atoms with Gasteiger partial charge in [-0.3, -0.25) is 0 Å². The fraction of sp³-hybridized carbons (Fsp3) is 0.522. The van der Waals surface area contributed by atoms with Crippen molar-refractivity contribution in [1.29, 1.82) is 0 Å². The van der Waals surface area contributed by atoms with Crippen molar-refractivity contribution in [3.8, 4) is 17.0 Å². The predicted molar refractivity (Wildman–Crippen MR) is 114 cm³/mol. The lowest BCUT2D eigenvalue weighted by Crippen LogP contribution is -2.44. The molecule has 1 aliphatic rings. The first-order valence-electron chi connectivity index (χ1n) is 10.7. The van der Waals surface area contributed by atoms with Gasteiger partial charge in [-0.1, -0.05) is 0 Å². The summed E-state index contributed by atoms with van der Waals surface area (Å²) >= 11 is 0. The summed E-state index contributed by atoms with van der Waals surface area (Å²) in [5.41, 5.74) is -0.426. The van der Waals surface area contributed by atoms with E-state index in [1.807, 2.05) is 0 Å². The molecule has 0 radical (unpaired) electrons. The van der Waals surface area contributed by atoms with E-state index in [4.69, 9.17) is 4.74 Å². The normalized spacial score (nSPS) is 18.2. The first-order valence-corrected chi connectivity index (χ1v) is 10.7. The number of benzene rings is 1. The van der Waals surface area contributed by atoms with Crippen LogP contribution in [0.5, 0.6) is 5.75 Å². The molecule has 1 amide bonds. The zero-order valence-corrected chi connectivity index (χ0v) is 19.0. The Bertz CT molecular complexity index is 1020. The minimum Gasteiger partial charge on any atom is -0.507 e. The second-order valence-electron chi connectivity index (χ2n) is 9.30. The van der Waals surface area contributed by atoms with Crippen LogP contribution in [0.2, 0.25) is 0 Å². The maximum Gasteiger partial charge on any atom is 0.416 e. The lowest BCUT2D eigenvalue weighted by Gasteiger charge is -2.35. The van der Waals surface area contributed by atoms with Crippen molar-refractivity contribution in [3.63, 3.8) is 0 Å². The number of hydrogen-bond acceptors (Lipinski definition) is 6. The van der Waals surface area contributed by atoms with Gasteiger partial charge < -0.3 is 19.8 Å². The number of nitrogens with zero attached hydrogens (tertiary/aromatic N) is 3. The molecule has 33 heavy (non-hydrogen) atoms. The Morgan fingerprint density at radius 2 is 1.91 bits per heavy atom. The van der Waals surface area contributed by atoms with Crippen LogP contribution in [-0.4, -0.2) is 50.1 Å². The zero-order chi connectivity index (χ0) is 24.6. The van der Waals surface area contributed by atoms with Gasteiger partial charge in [0.05, 0.1) is 17.0 Å². The number of rotatable bonds is 3. The summed E-state index contributed by atoms with van der Waals surface area (Å²) < 4.78 is 44.0. The van der Waals surface area contributed by atoms with Crippen molar-refractivity contribution in [1.82, 2.24) is 15.1 Å². The number of aryl methyl sites for hydroxylation is 1. The van der Waals surface area contributed by atoms with Crippen LogP contribution < -0.4 is 0 Å². The average molecular weight is 467 g/mol. The molecular formula is C23H28F3N3O4. The number of alkyl halides is 3. The van der Waals surface area contributed by atoms with Gasteiger partial charge in [0.1, 0.15) is 17.5 Å². The van der Waals surface area contributed by atoms with E-state index in [-0.39, 0.29) is 17.2 Å². The maximum absolute atomic E-state index is 12.9. The molecule has 1 aromatic carbocycles. The van der Waals surface area contributed by atoms with E-state index in [0.29, 0.717) is 43.3 Å². The molecule has 7 nitrogen and oxygen atoms in total. The largest absolute Gasteiger partial charge is 0.507 e. The Balaban J connectivity index is 1.77. The molecule has 0 spiro atoms. The third-order valence-electron chi connectivity index (χ3n) is 5.44. The first-order chi connectivity index (χ1) is 15.3. The Kier molecular flexibility index (Phi) is 6.88. The van der Waals surface area contributed by atoms with Gasteiger partial charge in [-0.2, -0.15) is 18.3 Å². The van der Waals surface area contributed by atoms with Crippen LogP contribution in [-0.2, 0) is 10.9 Å². The fourth-order valence-electron chi connectivity index (χ4n) is 3.83. The van der Waals surface area contributed by atoms with Crippen LogP contribution in [0.4, 0.5) is 18.0 Å². The summed E-state index contributed by atoms with van der Waals surface area (Å²) in [6, 6.07) is 4.25. The van der Waals surface area contributed by atoms with Crippen molar-refractivity contribution in [3.05, 3.63) is 41.1 Å². The number of amides is 1. The summed E-state index contributed by atoms with van der Waals surface area (Å²) in [5.74, 6) is -0.832. The van der Waals surface area contributed by atoms with Crippen molar-refractivity contribution in [2.75, 3.05) is 13.1 Å². The Hall–Kier alpha value is -2.88. The van der Waals surface area contributed by atoms with E-state index < -0.39 is 35.3 Å². The second-order valence-corrected chi connectivity index (χ2v) is 9.30. The highest BCUT2D eigenvalue weighted by Gasteiger charge is 2.33. The molecule has 0 bridgehead atoms. The number of phenols is 1. The highest BCUT2D eigenvalue weighted by molar-refractivity contribution is 5.70. The molecule has 0 saturated carbocycles. The number of aliphatic hydroxyl groups is 1. The number of likely N-dealkylation sites (tertiary alicyclic amines) is 1. The lowest BCUT2D eigenvalue weighted by molar-refractivity contribution is -0.137. The molecule has 0 aliphatic carbocycles. The van der Waals surface area contributed by atoms with Crippen molar-refractivity contribution in [2.24, 2.45) is 5.92 Å². The van der Waals surface area contributed by atoms with Crippen molar-refractivity contribution < 1.29 is 32.9 Å². The third-order valence-corrected chi connectivity index (χ3v) is 5.44. The monoisotopic (exact) mass is 467 g/mol. The van der Waals surface area contributed by atoms with Gasteiger partial charge in [0, 0.05) is 24.6 Å². The first kappa shape index (κ1) is 24.8. The molecule has 2 N–H and O–H groups in total. The highest BCUT2D eigenvalue weighted by atomic mass is 19.4. The van der Waals surface area contributed by atoms with Crippen LogP contribution in [0, 0.1) is 12.8 Å². The third kappa shape index (κ3) is 5.93. The Morgan fingerprint density at radius 3 is 2.48 bits per heavy atom. The molecule has 1 saturated heterocycles. The van der Waals surface area contributed by atoms with Crippen LogP contribution in [0.3, 0.4) is 0 Å². The second kappa shape index (κ2) is 9.17. The van der Waals surface area contributed by atoms with E-state index in [2.05, 4.69) is 10.2 Å². The minimum atomic E-state index is -4.57. The van der Waals surface area contributed by atoms with Gasteiger partial charge in [0.15, 0.2) is 0 Å². The van der Waals surface area contributed by atoms with Crippen LogP contribution in [0.25, 0.3) is 11.3 Å². The highest BCUT2D eigenvalue weighted by Crippen LogP contribution is 2.37. The number of halogens is 3. The van der Waals surface area contributed by atoms with Crippen LogP contribution in [0.1, 0.15) is 56.5 Å². The number of ether oxygens (including phenoxy) is 1. The van der Waals surface area contributed by atoms with Gasteiger partial charge in [0.25, 0.3) is 0 Å². The van der Waals surface area contributed by atoms with E-state index >= 15 is 0 Å². The van der Waals surface area contributed by atoms with E-state index in [0.717, 1.165) is 12.1 Å². The zero-order valence-electron chi connectivity index (χ0n) is 19.0. The summed E-state index contributed by atoms with van der Waals surface area (Å²) in [6.07, 6.45) is -4.61. The number of piperidine rings is 1. The topological polar surface area (TPSA) is 95.8 Å². The molecular weight excluding hydrogens is 439 g/mol. The average Bonchev–Trinajstić information content (AvgIpc) is 2.71. The summed E-state index contributed by atoms with van der Waals surface area (Å²) in [5, 5.41) is 29.1. The molecule has 1 fully saturated rings. The maximum atomic E-state index is 12.9. The molecule has 2 aromatic rings. The standard InChI is InChI=1S/C23H28F3N3O4/c1-13-10-17(20(31)14-6-5-9-29(12-14)21(32)33-22(2,3)4)27-28-19(13)16-8-7-15(11-18(16)30)23(24,25)26/h7-8,10-11,14,20,30-31H,5-6,9,12H2,1-4H3. The van der Waals surface area contributed by atoms with Crippen LogP contribution >= 0.6 is 0 Å². The fourth-order valence-corrected chi connectivity index (χ4v) is 3.83. The summed E-state index contributed by atoms with van der Waals surface area (Å²) in [4.78, 5) is 14.0. The van der Waals surface area contributed by atoms with Crippen LogP contribution in [0.15, 0.2) is 24.3 Å². The number of phenolic OH excluding ortho intramolecular Hbond substituents is 1. The molecule has 2 unspecified atom stereocenters. The molecule has 10 heteroatoms. The quantitative estimate of drug-likeness (QED) is 0.670. The number of aromatic nitrogens is 2. The van der Waals surface area contributed by atoms with E-state index in [1.165, 1.54) is 0 Å². The summed E-state index contributed by atoms with van der Waals surface area (Å²) in [6.45, 7) is 7.87. The minimum absolute atomic E-state index is 0.114. The van der Waals surface area contributed by atoms with E-state index in [1.54, 1.807) is 38.7 Å². The number of hydrogen-bond donors (Lipinski definition) is 2. The SMILES string of the molecule is Cc1cc(C(O)C2CCCN(C(=O)OC(C)(C)C)C2)nnc1-c1ccc(C(F)(F)F)cc1O. The number of carbonyl (C=O) groups is 1. The molecule has 1 aromatic heterocycles. The molecule has 1 aliphatic heterocycles.